The maximum Gasteiger partial charge on any atom is 0.0562 e. The molecule has 0 saturated carbocycles. The lowest BCUT2D eigenvalue weighted by Crippen LogP contribution is -2.16. The van der Waals surface area contributed by atoms with E-state index in [0.717, 1.165) is 73.6 Å². The molecule has 0 fully saturated rings. The molecule has 5 nitrogen and oxygen atoms in total. The zero-order chi connectivity index (χ0) is 47.1. The summed E-state index contributed by atoms with van der Waals surface area (Å²) in [5, 5.41) is 4.91. The minimum atomic E-state index is 1.01. The first kappa shape index (κ1) is 41.6. The summed E-state index contributed by atoms with van der Waals surface area (Å²) in [6.07, 6.45) is 0. The van der Waals surface area contributed by atoms with Crippen molar-refractivity contribution in [2.45, 2.75) is 0 Å². The second-order valence-electron chi connectivity index (χ2n) is 17.8. The van der Waals surface area contributed by atoms with Gasteiger partial charge in [-0.1, -0.05) is 152 Å². The van der Waals surface area contributed by atoms with Crippen LogP contribution in [-0.2, 0) is 0 Å². The van der Waals surface area contributed by atoms with Crippen molar-refractivity contribution < 1.29 is 0 Å². The normalized spacial score (nSPS) is 11.4. The van der Waals surface area contributed by atoms with Crippen molar-refractivity contribution in [3.05, 3.63) is 285 Å². The third-order valence-corrected chi connectivity index (χ3v) is 13.6. The molecule has 0 amide bonds. The van der Waals surface area contributed by atoms with Crippen LogP contribution in [-0.4, -0.2) is 9.13 Å². The van der Waals surface area contributed by atoms with E-state index in [2.05, 4.69) is 309 Å². The minimum Gasteiger partial charge on any atom is -0.310 e. The Bertz CT molecular complexity index is 3800. The van der Waals surface area contributed by atoms with Crippen LogP contribution < -0.4 is 14.7 Å². The van der Waals surface area contributed by atoms with Crippen molar-refractivity contribution in [1.82, 2.24) is 9.13 Å². The van der Waals surface area contributed by atoms with Gasteiger partial charge in [0.1, 0.15) is 0 Å². The van der Waals surface area contributed by atoms with Crippen molar-refractivity contribution >= 4 is 94.8 Å². The molecule has 0 aliphatic rings. The fraction of sp³-hybridized carbons (Fsp3) is 0. The van der Waals surface area contributed by atoms with Crippen LogP contribution >= 0.6 is 0 Å². The number of aromatic nitrogens is 2. The number of rotatable bonds is 11. The van der Waals surface area contributed by atoms with Gasteiger partial charge in [-0.05, 0) is 133 Å². The van der Waals surface area contributed by atoms with Gasteiger partial charge in [0, 0.05) is 67.0 Å². The van der Waals surface area contributed by atoms with Gasteiger partial charge in [-0.15, -0.1) is 0 Å². The van der Waals surface area contributed by atoms with Gasteiger partial charge in [-0.3, -0.25) is 0 Å². The van der Waals surface area contributed by atoms with Crippen LogP contribution in [0.2, 0.25) is 0 Å². The summed E-state index contributed by atoms with van der Waals surface area (Å²) in [7, 11) is 0. The van der Waals surface area contributed by atoms with Crippen LogP contribution in [0.3, 0.4) is 0 Å². The Morgan fingerprint density at radius 3 is 0.901 bits per heavy atom. The quantitative estimate of drug-likeness (QED) is 0.129. The van der Waals surface area contributed by atoms with Crippen LogP contribution in [0.15, 0.2) is 285 Å². The van der Waals surface area contributed by atoms with Gasteiger partial charge in [0.2, 0.25) is 0 Å². The summed E-state index contributed by atoms with van der Waals surface area (Å²) in [5.74, 6) is 0. The van der Waals surface area contributed by atoms with Gasteiger partial charge in [-0.25, -0.2) is 0 Å². The van der Waals surface area contributed by atoms with Crippen molar-refractivity contribution in [3.63, 3.8) is 0 Å². The van der Waals surface area contributed by atoms with Crippen molar-refractivity contribution in [2.75, 3.05) is 14.7 Å². The number of benzene rings is 11. The predicted molar refractivity (Wildman–Crippen MR) is 299 cm³/mol. The van der Waals surface area contributed by atoms with Gasteiger partial charge in [-0.2, -0.15) is 0 Å². The summed E-state index contributed by atoms with van der Waals surface area (Å²) in [6.45, 7) is 0. The van der Waals surface area contributed by atoms with Gasteiger partial charge in [0.15, 0.2) is 0 Å². The van der Waals surface area contributed by atoms with Gasteiger partial charge >= 0.3 is 0 Å². The maximum atomic E-state index is 2.45. The first-order valence-electron chi connectivity index (χ1n) is 24.2. The van der Waals surface area contributed by atoms with E-state index in [1.807, 2.05) is 0 Å². The summed E-state index contributed by atoms with van der Waals surface area (Å²) in [6, 6.07) is 103. The van der Waals surface area contributed by atoms with Crippen LogP contribution in [0.25, 0.3) is 55.0 Å². The zero-order valence-corrected chi connectivity index (χ0v) is 38.9. The number of hydrogen-bond donors (Lipinski definition) is 0. The molecule has 5 heteroatoms. The van der Waals surface area contributed by atoms with Crippen LogP contribution in [0.1, 0.15) is 0 Å². The standard InChI is InChI=1S/C66H47N5/c1-7-24-48(25-8-1)67(49-26-9-2-10-27-49)56-43-57(68(50-28-11-3-12-29-50)51-30-13-4-14-31-51)45-58(44-56)69(52-32-15-5-16-33-52)54-36-23-37-55(42-54)71-64-41-22-20-39-60(64)62-46-61-59-38-19-21-40-63(59)70(65(61)47-66(62)71)53-34-17-6-18-35-53/h1-47H. The molecule has 13 rings (SSSR count). The summed E-state index contributed by atoms with van der Waals surface area (Å²) >= 11 is 0. The third kappa shape index (κ3) is 7.45. The van der Waals surface area contributed by atoms with Gasteiger partial charge in [0.05, 0.1) is 39.1 Å². The zero-order valence-electron chi connectivity index (χ0n) is 38.9. The first-order valence-corrected chi connectivity index (χ1v) is 24.2. The molecule has 0 radical (unpaired) electrons. The first-order chi connectivity index (χ1) is 35.2. The highest BCUT2D eigenvalue weighted by Gasteiger charge is 2.24. The smallest absolute Gasteiger partial charge is 0.0562 e. The topological polar surface area (TPSA) is 19.6 Å². The van der Waals surface area contributed by atoms with E-state index in [0.29, 0.717) is 0 Å². The van der Waals surface area contributed by atoms with Crippen LogP contribution in [0, 0.1) is 0 Å². The van der Waals surface area contributed by atoms with E-state index in [1.54, 1.807) is 0 Å². The molecule has 71 heavy (non-hydrogen) atoms. The van der Waals surface area contributed by atoms with Crippen LogP contribution in [0.4, 0.5) is 51.2 Å². The molecule has 2 heterocycles. The molecule has 0 unspecified atom stereocenters. The Kier molecular flexibility index (Phi) is 10.4. The SMILES string of the molecule is c1ccc(N(c2ccccc2)c2cc(N(c3ccccc3)c3ccccc3)cc(N(c3ccccc3)c3cccc(-n4c5ccccc5c5cc6c7ccccc7n(-c7ccccc7)c6cc54)c3)c2)cc1. The molecule has 2 aromatic heterocycles. The fourth-order valence-corrected chi connectivity index (χ4v) is 10.5. The second kappa shape index (κ2) is 17.8. The molecule has 0 saturated heterocycles. The number of fused-ring (bicyclic) bond motifs is 6. The number of para-hydroxylation sites is 8. The molecule has 0 N–H and O–H groups in total. The minimum absolute atomic E-state index is 1.01. The molecule has 0 aliphatic heterocycles. The summed E-state index contributed by atoms with van der Waals surface area (Å²) < 4.78 is 4.86. The Morgan fingerprint density at radius 1 is 0.183 bits per heavy atom. The highest BCUT2D eigenvalue weighted by Crippen LogP contribution is 2.47. The average molecular weight is 910 g/mol. The molecule has 11 aromatic carbocycles. The van der Waals surface area contributed by atoms with Crippen molar-refractivity contribution in [1.29, 1.82) is 0 Å². The van der Waals surface area contributed by atoms with E-state index >= 15 is 0 Å². The Labute approximate surface area is 413 Å². The summed E-state index contributed by atoms with van der Waals surface area (Å²) in [4.78, 5) is 7.11. The molecule has 0 spiro atoms. The van der Waals surface area contributed by atoms with Crippen molar-refractivity contribution in [2.24, 2.45) is 0 Å². The highest BCUT2D eigenvalue weighted by atomic mass is 15.2. The summed E-state index contributed by atoms with van der Waals surface area (Å²) in [5.41, 5.74) is 16.2. The second-order valence-corrected chi connectivity index (χ2v) is 17.8. The molecule has 0 bridgehead atoms. The number of nitrogens with zero attached hydrogens (tertiary/aromatic N) is 5. The lowest BCUT2D eigenvalue weighted by Gasteiger charge is -2.33. The average Bonchev–Trinajstić information content (AvgIpc) is 3.94. The van der Waals surface area contributed by atoms with Gasteiger partial charge in [0.25, 0.3) is 0 Å². The van der Waals surface area contributed by atoms with Crippen LogP contribution in [0.5, 0.6) is 0 Å². The van der Waals surface area contributed by atoms with E-state index in [4.69, 9.17) is 0 Å². The van der Waals surface area contributed by atoms with Crippen molar-refractivity contribution in [3.8, 4) is 11.4 Å². The molecular weight excluding hydrogens is 863 g/mol. The number of hydrogen-bond acceptors (Lipinski definition) is 3. The Hall–Kier alpha value is -9.58. The fourth-order valence-electron chi connectivity index (χ4n) is 10.5. The predicted octanol–water partition coefficient (Wildman–Crippen LogP) is 18.3. The van der Waals surface area contributed by atoms with E-state index in [-0.39, 0.29) is 0 Å². The Balaban J connectivity index is 1.06. The van der Waals surface area contributed by atoms with Gasteiger partial charge < -0.3 is 23.8 Å². The van der Waals surface area contributed by atoms with E-state index < -0.39 is 0 Å². The monoisotopic (exact) mass is 909 g/mol. The van der Waals surface area contributed by atoms with E-state index in [9.17, 15) is 0 Å². The molecule has 0 aliphatic carbocycles. The molecular formula is C66H47N5. The number of anilines is 9. The largest absolute Gasteiger partial charge is 0.310 e. The lowest BCUT2D eigenvalue weighted by atomic mass is 10.1. The maximum absolute atomic E-state index is 2.45. The molecule has 0 atom stereocenters. The lowest BCUT2D eigenvalue weighted by molar-refractivity contribution is 1.16. The molecule has 336 valence electrons. The van der Waals surface area contributed by atoms with E-state index in [1.165, 1.54) is 32.6 Å². The highest BCUT2D eigenvalue weighted by molar-refractivity contribution is 6.19. The molecule has 13 aromatic rings. The Morgan fingerprint density at radius 2 is 0.493 bits per heavy atom. The third-order valence-electron chi connectivity index (χ3n) is 13.6.